The van der Waals surface area contributed by atoms with Crippen molar-refractivity contribution < 1.29 is 44.2 Å². The van der Waals surface area contributed by atoms with E-state index in [1.807, 2.05) is 6.08 Å². The number of esters is 1. The van der Waals surface area contributed by atoms with E-state index in [1.165, 1.54) is 0 Å². The van der Waals surface area contributed by atoms with Gasteiger partial charge in [0.25, 0.3) is 0 Å². The van der Waals surface area contributed by atoms with Crippen LogP contribution in [-0.2, 0) is 23.8 Å². The average Bonchev–Trinajstić information content (AvgIpc) is 3.41. The number of aliphatic hydroxyl groups is 4. The zero-order valence-electron chi connectivity index (χ0n) is 22.1. The Morgan fingerprint density at radius 1 is 1.13 bits per heavy atom. The van der Waals surface area contributed by atoms with Gasteiger partial charge in [-0.3, -0.25) is 0 Å². The molecule has 0 aromatic heterocycles. The number of hydrogen-bond donors (Lipinski definition) is 4. The third-order valence-corrected chi connectivity index (χ3v) is 11.4. The minimum atomic E-state index is -1.42. The number of aldehydes is 1. The molecule has 3 saturated carbocycles. The van der Waals surface area contributed by atoms with Gasteiger partial charge in [0.1, 0.15) is 19.0 Å². The van der Waals surface area contributed by atoms with Crippen molar-refractivity contribution in [3.8, 4) is 0 Å². The minimum absolute atomic E-state index is 0.0391. The predicted octanol–water partition coefficient (Wildman–Crippen LogP) is 1.56. The molecular formula is C29H40O9. The summed E-state index contributed by atoms with van der Waals surface area (Å²) in [5, 5.41) is 44.4. The molecule has 0 bridgehead atoms. The predicted molar refractivity (Wildman–Crippen MR) is 133 cm³/mol. The minimum Gasteiger partial charge on any atom is -0.458 e. The summed E-state index contributed by atoms with van der Waals surface area (Å²) in [6.45, 7) is 4.06. The molecule has 0 aromatic rings. The van der Waals surface area contributed by atoms with Gasteiger partial charge in [0.15, 0.2) is 6.29 Å². The fourth-order valence-electron chi connectivity index (χ4n) is 9.17. The van der Waals surface area contributed by atoms with Gasteiger partial charge in [-0.15, -0.1) is 0 Å². The van der Waals surface area contributed by atoms with E-state index in [4.69, 9.17) is 14.2 Å². The lowest BCUT2D eigenvalue weighted by molar-refractivity contribution is -0.274. The highest BCUT2D eigenvalue weighted by atomic mass is 16.7. The monoisotopic (exact) mass is 532 g/mol. The fraction of sp³-hybridized carbons (Fsp3) is 0.793. The molecule has 6 aliphatic rings. The van der Waals surface area contributed by atoms with E-state index in [1.54, 1.807) is 19.1 Å². The van der Waals surface area contributed by atoms with Crippen molar-refractivity contribution in [2.45, 2.75) is 107 Å². The van der Waals surface area contributed by atoms with Crippen LogP contribution in [0.2, 0.25) is 0 Å². The molecule has 4 aliphatic carbocycles. The van der Waals surface area contributed by atoms with Crippen molar-refractivity contribution in [3.63, 3.8) is 0 Å². The van der Waals surface area contributed by atoms with E-state index in [-0.39, 0.29) is 49.3 Å². The number of aliphatic hydroxyl groups excluding tert-OH is 2. The lowest BCUT2D eigenvalue weighted by Crippen LogP contribution is -2.67. The topological polar surface area (TPSA) is 143 Å². The van der Waals surface area contributed by atoms with Gasteiger partial charge in [0.2, 0.25) is 0 Å². The van der Waals surface area contributed by atoms with E-state index >= 15 is 0 Å². The first kappa shape index (κ1) is 26.6. The molecule has 0 unspecified atom stereocenters. The van der Waals surface area contributed by atoms with Crippen molar-refractivity contribution >= 4 is 12.3 Å². The van der Waals surface area contributed by atoms with Crippen LogP contribution in [0.1, 0.15) is 65.2 Å². The number of carbonyl (C=O) groups is 2. The van der Waals surface area contributed by atoms with Gasteiger partial charge in [-0.1, -0.05) is 19.1 Å². The van der Waals surface area contributed by atoms with Gasteiger partial charge in [-0.25, -0.2) is 4.79 Å². The summed E-state index contributed by atoms with van der Waals surface area (Å²) in [6.07, 6.45) is 6.58. The van der Waals surface area contributed by atoms with Crippen LogP contribution in [-0.4, -0.2) is 81.2 Å². The summed E-state index contributed by atoms with van der Waals surface area (Å²) in [6, 6.07) is 0. The van der Waals surface area contributed by atoms with Crippen LogP contribution in [0.4, 0.5) is 0 Å². The maximum absolute atomic E-state index is 12.9. The van der Waals surface area contributed by atoms with E-state index in [0.717, 1.165) is 18.3 Å². The number of cyclic esters (lactones) is 1. The van der Waals surface area contributed by atoms with Gasteiger partial charge in [0.05, 0.1) is 34.9 Å². The second-order valence-electron chi connectivity index (χ2n) is 12.9. The summed E-state index contributed by atoms with van der Waals surface area (Å²) in [5.74, 6) is -0.789. The molecule has 2 aliphatic heterocycles. The second kappa shape index (κ2) is 8.94. The van der Waals surface area contributed by atoms with E-state index in [0.29, 0.717) is 32.1 Å². The Morgan fingerprint density at radius 3 is 2.61 bits per heavy atom. The molecule has 4 fully saturated rings. The van der Waals surface area contributed by atoms with E-state index in [9.17, 15) is 30.0 Å². The summed E-state index contributed by atoms with van der Waals surface area (Å²) in [4.78, 5) is 24.7. The number of hydrogen-bond acceptors (Lipinski definition) is 9. The summed E-state index contributed by atoms with van der Waals surface area (Å²) < 4.78 is 17.1. The third-order valence-electron chi connectivity index (χ3n) is 11.4. The normalized spacial score (nSPS) is 53.9. The highest BCUT2D eigenvalue weighted by Crippen LogP contribution is 2.69. The zero-order valence-corrected chi connectivity index (χ0v) is 22.1. The maximum atomic E-state index is 12.9. The van der Waals surface area contributed by atoms with Gasteiger partial charge in [-0.05, 0) is 62.9 Å². The lowest BCUT2D eigenvalue weighted by atomic mass is 9.43. The van der Waals surface area contributed by atoms with Crippen molar-refractivity contribution in [1.82, 2.24) is 0 Å². The largest absolute Gasteiger partial charge is 0.458 e. The van der Waals surface area contributed by atoms with Crippen molar-refractivity contribution in [1.29, 1.82) is 0 Å². The Morgan fingerprint density at radius 2 is 1.92 bits per heavy atom. The highest BCUT2D eigenvalue weighted by molar-refractivity contribution is 5.85. The summed E-state index contributed by atoms with van der Waals surface area (Å²) in [7, 11) is 0. The van der Waals surface area contributed by atoms with Crippen LogP contribution in [0.3, 0.4) is 0 Å². The average molecular weight is 533 g/mol. The molecular weight excluding hydrogens is 492 g/mol. The van der Waals surface area contributed by atoms with E-state index in [2.05, 4.69) is 6.92 Å². The number of ether oxygens (including phenoxy) is 3. The number of fused-ring (bicyclic) bond motifs is 5. The number of carbonyl (C=O) groups excluding carboxylic acids is 2. The van der Waals surface area contributed by atoms with Crippen LogP contribution in [0.15, 0.2) is 23.8 Å². The first-order valence-electron chi connectivity index (χ1n) is 14.1. The van der Waals surface area contributed by atoms with Gasteiger partial charge < -0.3 is 39.4 Å². The molecule has 210 valence electrons. The molecule has 4 N–H and O–H groups in total. The molecule has 0 radical (unpaired) electrons. The molecule has 2 heterocycles. The van der Waals surface area contributed by atoms with Crippen molar-refractivity contribution in [2.75, 3.05) is 6.61 Å². The van der Waals surface area contributed by atoms with Crippen molar-refractivity contribution in [2.24, 2.45) is 28.6 Å². The molecule has 6 rings (SSSR count). The molecule has 12 atom stereocenters. The van der Waals surface area contributed by atoms with Gasteiger partial charge in [0, 0.05) is 30.3 Å². The summed E-state index contributed by atoms with van der Waals surface area (Å²) in [5.41, 5.74) is -3.03. The Balaban J connectivity index is 1.25. The Kier molecular flexibility index (Phi) is 6.26. The Bertz CT molecular complexity index is 1040. The molecule has 0 amide bonds. The van der Waals surface area contributed by atoms with Crippen LogP contribution < -0.4 is 0 Å². The third kappa shape index (κ3) is 3.58. The lowest BCUT2D eigenvalue weighted by Gasteiger charge is -2.63. The second-order valence-corrected chi connectivity index (χ2v) is 12.9. The molecule has 0 aromatic carbocycles. The van der Waals surface area contributed by atoms with Gasteiger partial charge >= 0.3 is 5.97 Å². The van der Waals surface area contributed by atoms with Crippen LogP contribution in [0, 0.1) is 28.6 Å². The van der Waals surface area contributed by atoms with Gasteiger partial charge in [-0.2, -0.15) is 0 Å². The molecule has 9 nitrogen and oxygen atoms in total. The Labute approximate surface area is 222 Å². The van der Waals surface area contributed by atoms with Crippen LogP contribution in [0.5, 0.6) is 0 Å². The SMILES string of the molecule is C[C@H]1O[C@@H](O[C@H]2CC[C@]3(C=O)[C@H]4CC[C@]5(C)[C@@H](C6=CC(=O)OC6)CC[C@]5(O)[C@@H]4C=C[C@]3(O)C2)C[C@H](O)[C@H]1O. The molecule has 38 heavy (non-hydrogen) atoms. The van der Waals surface area contributed by atoms with Crippen LogP contribution in [0.25, 0.3) is 0 Å². The number of rotatable bonds is 4. The quantitative estimate of drug-likeness (QED) is 0.241. The summed E-state index contributed by atoms with van der Waals surface area (Å²) >= 11 is 0. The molecule has 0 spiro atoms. The van der Waals surface area contributed by atoms with E-state index < -0.39 is 46.6 Å². The first-order chi connectivity index (χ1) is 18.0. The Hall–Kier alpha value is -1.62. The zero-order chi connectivity index (χ0) is 27.1. The van der Waals surface area contributed by atoms with Crippen molar-refractivity contribution in [3.05, 3.63) is 23.8 Å². The standard InChI is InChI=1S/C29H40O9/c1-16-25(33)22(31)12-24(37-16)38-18-3-8-27(15-30)20-4-7-26(2)19(17-11-23(32)36-14-17)6-10-29(26,35)21(20)5-9-28(27,34)13-18/h5,9,11,15-16,18-22,24-25,31,33-35H,3-4,6-8,10,12-14H2,1-2H3/t16-,18+,19-,20+,21-,22+,24+,25+,26-,27+,28+,29+/m1/s1. The maximum Gasteiger partial charge on any atom is 0.331 e. The molecule has 1 saturated heterocycles. The smallest absolute Gasteiger partial charge is 0.331 e. The van der Waals surface area contributed by atoms with Crippen LogP contribution >= 0.6 is 0 Å². The first-order valence-corrected chi connectivity index (χ1v) is 14.1. The highest BCUT2D eigenvalue weighted by Gasteiger charge is 2.70. The fourth-order valence-corrected chi connectivity index (χ4v) is 9.17. The molecule has 9 heteroatoms.